The van der Waals surface area contributed by atoms with E-state index in [9.17, 15) is 9.90 Å². The molecule has 34 heavy (non-hydrogen) atoms. The third kappa shape index (κ3) is 5.52. The van der Waals surface area contributed by atoms with Gasteiger partial charge in [-0.25, -0.2) is 9.98 Å². The van der Waals surface area contributed by atoms with Gasteiger partial charge in [-0.3, -0.25) is 14.2 Å². The minimum Gasteiger partial charge on any atom is -0.861 e. The average molecular weight is 478 g/mol. The van der Waals surface area contributed by atoms with Crippen molar-refractivity contribution in [3.63, 3.8) is 0 Å². The topological polar surface area (TPSA) is 107 Å². The van der Waals surface area contributed by atoms with Gasteiger partial charge in [-0.15, -0.1) is 0 Å². The van der Waals surface area contributed by atoms with Gasteiger partial charge in [0.05, 0.1) is 12.3 Å². The predicted octanol–water partition coefficient (Wildman–Crippen LogP) is 2.95. The third-order valence-electron chi connectivity index (χ3n) is 4.72. The Bertz CT molecular complexity index is 1240. The maximum atomic E-state index is 13.2. The lowest BCUT2D eigenvalue weighted by atomic mass is 10.2. The highest BCUT2D eigenvalue weighted by molar-refractivity contribution is 8.14. The zero-order chi connectivity index (χ0) is 23.9. The fourth-order valence-corrected chi connectivity index (χ4v) is 3.93. The molecule has 3 aromatic rings. The lowest BCUT2D eigenvalue weighted by molar-refractivity contribution is -0.759. The molecule has 0 atom stereocenters. The van der Waals surface area contributed by atoms with Gasteiger partial charge in [0.1, 0.15) is 11.4 Å². The van der Waals surface area contributed by atoms with Crippen LogP contribution in [0.25, 0.3) is 6.08 Å². The average Bonchev–Trinajstić information content (AvgIpc) is 3.43. The number of ether oxygens (including phenoxy) is 1. The molecule has 0 spiro atoms. The molecule has 0 fully saturated rings. The summed E-state index contributed by atoms with van der Waals surface area (Å²) >= 11 is 1.14. The number of amidine groups is 1. The minimum atomic E-state index is -0.420. The quantitative estimate of drug-likeness (QED) is 0.214. The smallest absolute Gasteiger partial charge is 0.320 e. The molecule has 0 radical (unpaired) electrons. The summed E-state index contributed by atoms with van der Waals surface area (Å²) in [6.45, 7) is 5.01. The number of thioether (sulfide) groups is 1. The van der Waals surface area contributed by atoms with Crippen molar-refractivity contribution in [2.45, 2.75) is 20.4 Å². The number of para-hydroxylation sites is 1. The summed E-state index contributed by atoms with van der Waals surface area (Å²) in [7, 11) is 0. The number of benzene rings is 2. The summed E-state index contributed by atoms with van der Waals surface area (Å²) in [5.41, 5.74) is 1.76. The first-order valence-corrected chi connectivity index (χ1v) is 11.7. The van der Waals surface area contributed by atoms with Crippen LogP contribution in [0.15, 0.2) is 81.0 Å². The first-order valence-electron chi connectivity index (χ1n) is 10.7. The maximum Gasteiger partial charge on any atom is 0.320 e. The van der Waals surface area contributed by atoms with Crippen LogP contribution in [0.3, 0.4) is 0 Å². The van der Waals surface area contributed by atoms with Gasteiger partial charge in [0.25, 0.3) is 12.1 Å². The molecule has 10 heteroatoms. The Kier molecular flexibility index (Phi) is 7.38. The van der Waals surface area contributed by atoms with Crippen LogP contribution < -0.4 is 19.4 Å². The summed E-state index contributed by atoms with van der Waals surface area (Å²) in [4.78, 5) is 23.2. The second-order valence-electron chi connectivity index (χ2n) is 7.09. The van der Waals surface area contributed by atoms with Gasteiger partial charge in [0.2, 0.25) is 5.27 Å². The SMILES string of the molecule is CCOc1ccc(/C=C2/N=C(SC/C([O-])=N\c3c[n+](CC)no3)N(c3ccccc3)C2=O)cc1. The Labute approximate surface area is 201 Å². The number of amides is 1. The second kappa shape index (κ2) is 10.8. The van der Waals surface area contributed by atoms with E-state index >= 15 is 0 Å². The van der Waals surface area contributed by atoms with Gasteiger partial charge >= 0.3 is 5.88 Å². The summed E-state index contributed by atoms with van der Waals surface area (Å²) < 4.78 is 12.0. The summed E-state index contributed by atoms with van der Waals surface area (Å²) in [6, 6.07) is 16.6. The van der Waals surface area contributed by atoms with E-state index in [4.69, 9.17) is 9.26 Å². The van der Waals surface area contributed by atoms with Crippen molar-refractivity contribution in [1.82, 2.24) is 5.27 Å². The second-order valence-corrected chi connectivity index (χ2v) is 8.03. The molecule has 9 nitrogen and oxygen atoms in total. The molecule has 1 aromatic heterocycles. The van der Waals surface area contributed by atoms with Crippen LogP contribution >= 0.6 is 11.8 Å². The molecule has 0 aliphatic carbocycles. The largest absolute Gasteiger partial charge is 0.861 e. The first kappa shape index (κ1) is 23.2. The molecule has 4 rings (SSSR count). The number of nitrogens with zero attached hydrogens (tertiary/aromatic N) is 5. The Balaban J connectivity index is 1.57. The standard InChI is InChI=1S/C24H23N5O4S/c1-3-28-15-22(33-27-28)26-21(30)16-34-24-25-20(14-17-10-12-19(13-11-17)32-4-2)23(31)29(24)18-8-6-5-7-9-18/h5-15H,3-4,16H2,1-2H3/b20-14+. The summed E-state index contributed by atoms with van der Waals surface area (Å²) in [6.07, 6.45) is 3.26. The zero-order valence-electron chi connectivity index (χ0n) is 18.7. The predicted molar refractivity (Wildman–Crippen MR) is 129 cm³/mol. The Hall–Kier alpha value is -3.92. The summed E-state index contributed by atoms with van der Waals surface area (Å²) in [5.74, 6) is 0.181. The van der Waals surface area contributed by atoms with E-state index in [1.165, 1.54) is 9.58 Å². The van der Waals surface area contributed by atoms with E-state index in [0.29, 0.717) is 24.0 Å². The molecule has 0 saturated heterocycles. The molecule has 1 aliphatic rings. The molecule has 1 aliphatic heterocycles. The number of carbonyl (C=O) groups is 1. The molecule has 2 heterocycles. The Morgan fingerprint density at radius 3 is 2.65 bits per heavy atom. The van der Waals surface area contributed by atoms with Crippen LogP contribution in [0, 0.1) is 0 Å². The molecule has 0 bridgehead atoms. The van der Waals surface area contributed by atoms with Gasteiger partial charge in [-0.2, -0.15) is 0 Å². The number of carbonyl (C=O) groups excluding carboxylic acids is 1. The van der Waals surface area contributed by atoms with Crippen molar-refractivity contribution in [2.24, 2.45) is 9.98 Å². The van der Waals surface area contributed by atoms with Crippen molar-refractivity contribution in [1.29, 1.82) is 0 Å². The van der Waals surface area contributed by atoms with Crippen molar-refractivity contribution >= 4 is 46.4 Å². The van der Waals surface area contributed by atoms with Crippen LogP contribution in [-0.2, 0) is 11.3 Å². The highest BCUT2D eigenvalue weighted by Crippen LogP contribution is 2.29. The van der Waals surface area contributed by atoms with Crippen LogP contribution in [0.5, 0.6) is 5.75 Å². The van der Waals surface area contributed by atoms with Crippen molar-refractivity contribution in [2.75, 3.05) is 17.3 Å². The number of aromatic nitrogens is 2. The van der Waals surface area contributed by atoms with Gasteiger partial charge in [-0.1, -0.05) is 46.8 Å². The summed E-state index contributed by atoms with van der Waals surface area (Å²) in [5, 5.41) is 16.5. The van der Waals surface area contributed by atoms with E-state index < -0.39 is 5.90 Å². The molecule has 2 aromatic carbocycles. The molecule has 0 saturated carbocycles. The maximum absolute atomic E-state index is 13.2. The van der Waals surface area contributed by atoms with E-state index in [0.717, 1.165) is 23.1 Å². The number of hydrogen-bond donors (Lipinski definition) is 0. The monoisotopic (exact) mass is 477 g/mol. The zero-order valence-corrected chi connectivity index (χ0v) is 19.6. The highest BCUT2D eigenvalue weighted by Gasteiger charge is 2.31. The van der Waals surface area contributed by atoms with Crippen molar-refractivity contribution < 1.29 is 23.8 Å². The molecule has 174 valence electrons. The normalized spacial score (nSPS) is 15.2. The van der Waals surface area contributed by atoms with Crippen LogP contribution in [0.4, 0.5) is 11.6 Å². The Morgan fingerprint density at radius 1 is 1.21 bits per heavy atom. The lowest BCUT2D eigenvalue weighted by Gasteiger charge is -2.18. The number of aryl methyl sites for hydroxylation is 1. The number of rotatable bonds is 8. The molecular weight excluding hydrogens is 454 g/mol. The molecular formula is C24H23N5O4S. The van der Waals surface area contributed by atoms with E-state index in [-0.39, 0.29) is 23.2 Å². The highest BCUT2D eigenvalue weighted by atomic mass is 32.2. The van der Waals surface area contributed by atoms with Crippen LogP contribution in [0.1, 0.15) is 19.4 Å². The fourth-order valence-electron chi connectivity index (χ4n) is 3.13. The third-order valence-corrected chi connectivity index (χ3v) is 5.64. The van der Waals surface area contributed by atoms with E-state index in [2.05, 4.69) is 15.3 Å². The fraction of sp³-hybridized carbons (Fsp3) is 0.208. The number of hydrogen-bond acceptors (Lipinski definition) is 8. The van der Waals surface area contributed by atoms with Gasteiger partial charge < -0.3 is 9.84 Å². The lowest BCUT2D eigenvalue weighted by Crippen LogP contribution is -2.32. The number of anilines is 1. The van der Waals surface area contributed by atoms with Crippen molar-refractivity contribution in [3.8, 4) is 5.75 Å². The van der Waals surface area contributed by atoms with Crippen molar-refractivity contribution in [3.05, 3.63) is 72.1 Å². The van der Waals surface area contributed by atoms with E-state index in [1.807, 2.05) is 68.4 Å². The van der Waals surface area contributed by atoms with Gasteiger partial charge in [0.15, 0.2) is 11.7 Å². The minimum absolute atomic E-state index is 0.0153. The first-order chi connectivity index (χ1) is 16.6. The van der Waals surface area contributed by atoms with E-state index in [1.54, 1.807) is 12.3 Å². The molecule has 0 unspecified atom stereocenters. The molecule has 1 amide bonds. The van der Waals surface area contributed by atoms with Crippen LogP contribution in [-0.4, -0.2) is 34.6 Å². The van der Waals surface area contributed by atoms with Gasteiger partial charge in [-0.05, 0) is 55.7 Å². The Morgan fingerprint density at radius 2 is 1.97 bits per heavy atom. The van der Waals surface area contributed by atoms with Crippen LogP contribution in [0.2, 0.25) is 0 Å². The van der Waals surface area contributed by atoms with Gasteiger partial charge in [0, 0.05) is 5.75 Å². The molecule has 0 N–H and O–H groups in total. The number of aliphatic imine (C=N–C) groups is 2.